The van der Waals surface area contributed by atoms with Crippen LogP contribution in [0.15, 0.2) is 48.6 Å². The Morgan fingerprint density at radius 3 is 1.88 bits per heavy atom. The van der Waals surface area contributed by atoms with Gasteiger partial charge in [0.05, 0.1) is 13.2 Å². The number of nitrogens with one attached hydrogen (secondary N) is 2. The van der Waals surface area contributed by atoms with Gasteiger partial charge in [0.1, 0.15) is 12.1 Å². The predicted octanol–water partition coefficient (Wildman–Crippen LogP) is 8.42. The van der Waals surface area contributed by atoms with Crippen LogP contribution >= 0.6 is 0 Å². The maximum Gasteiger partial charge on any atom is 0.328 e. The summed E-state index contributed by atoms with van der Waals surface area (Å²) in [6, 6.07) is -1.39. The first-order valence-electron chi connectivity index (χ1n) is 19.0. The monoisotopic (exact) mass is 689 g/mol. The lowest BCUT2D eigenvalue weighted by molar-refractivity contribution is -0.147. The molecule has 2 unspecified atom stereocenters. The van der Waals surface area contributed by atoms with Gasteiger partial charge in [-0.25, -0.2) is 4.79 Å². The third kappa shape index (κ3) is 31.8. The van der Waals surface area contributed by atoms with Crippen molar-refractivity contribution in [3.05, 3.63) is 48.6 Å². The van der Waals surface area contributed by atoms with Gasteiger partial charge in [-0.2, -0.15) is 0 Å². The number of carboxylic acids is 1. The highest BCUT2D eigenvalue weighted by molar-refractivity contribution is 5.87. The number of carboxylic acid groups (broad SMARTS) is 1. The number of amides is 2. The Bertz CT molecular complexity index is 974. The topological polar surface area (TPSA) is 142 Å². The predicted molar refractivity (Wildman–Crippen MR) is 199 cm³/mol. The fraction of sp³-hybridized carbons (Fsp3) is 0.700. The highest BCUT2D eigenvalue weighted by Gasteiger charge is 2.18. The van der Waals surface area contributed by atoms with Crippen LogP contribution < -0.4 is 10.6 Å². The molecule has 0 radical (unpaired) electrons. The highest BCUT2D eigenvalue weighted by atomic mass is 16.5. The number of rotatable bonds is 33. The third-order valence-corrected chi connectivity index (χ3v) is 8.01. The molecule has 0 heterocycles. The zero-order valence-electron chi connectivity index (χ0n) is 30.7. The van der Waals surface area contributed by atoms with Crippen LogP contribution in [0.4, 0.5) is 0 Å². The van der Waals surface area contributed by atoms with E-state index in [0.717, 1.165) is 83.5 Å². The second-order valence-electron chi connectivity index (χ2n) is 12.7. The van der Waals surface area contributed by atoms with E-state index in [9.17, 15) is 19.2 Å². The number of carbonyl (C=O) groups excluding carboxylic acids is 3. The van der Waals surface area contributed by atoms with Gasteiger partial charge in [0.2, 0.25) is 11.8 Å². The van der Waals surface area contributed by atoms with Crippen molar-refractivity contribution in [3.8, 4) is 0 Å². The maximum absolute atomic E-state index is 12.6. The molecule has 0 aliphatic rings. The van der Waals surface area contributed by atoms with Crippen LogP contribution in [0.2, 0.25) is 0 Å². The normalized spacial score (nSPS) is 13.0. The Kier molecular flexibility index (Phi) is 32.4. The van der Waals surface area contributed by atoms with E-state index in [-0.39, 0.29) is 30.9 Å². The minimum absolute atomic E-state index is 0.129. The lowest BCUT2D eigenvalue weighted by Gasteiger charge is -2.15. The molecule has 0 bridgehead atoms. The highest BCUT2D eigenvalue weighted by Crippen LogP contribution is 2.15. The SMILES string of the molecule is CCC/C=C\CCCCCCCC(=O)OC(/C=C\C/C=C\C/C=C\CCCCC)CCCCCCCC(=O)NCC(=O)NC(CO)C(=O)O. The maximum atomic E-state index is 12.6. The zero-order valence-corrected chi connectivity index (χ0v) is 30.7. The van der Waals surface area contributed by atoms with Crippen LogP contribution in [-0.4, -0.2) is 59.3 Å². The molecule has 9 heteroatoms. The third-order valence-electron chi connectivity index (χ3n) is 8.01. The summed E-state index contributed by atoms with van der Waals surface area (Å²) in [6.45, 7) is 3.35. The first-order valence-corrected chi connectivity index (χ1v) is 19.0. The smallest absolute Gasteiger partial charge is 0.328 e. The lowest BCUT2D eigenvalue weighted by atomic mass is 10.1. The van der Waals surface area contributed by atoms with Gasteiger partial charge in [0, 0.05) is 12.8 Å². The molecule has 0 spiro atoms. The van der Waals surface area contributed by atoms with Crippen molar-refractivity contribution in [1.29, 1.82) is 0 Å². The number of carbonyl (C=O) groups is 4. The van der Waals surface area contributed by atoms with Crippen LogP contribution in [0.25, 0.3) is 0 Å². The minimum atomic E-state index is -1.39. The first kappa shape index (κ1) is 45.8. The minimum Gasteiger partial charge on any atom is -0.480 e. The van der Waals surface area contributed by atoms with Crippen molar-refractivity contribution >= 4 is 23.8 Å². The summed E-state index contributed by atoms with van der Waals surface area (Å²) >= 11 is 0. The molecular formula is C40H68N2O7. The molecule has 0 aromatic rings. The standard InChI is InChI=1S/C40H68N2O7/c1-3-5-7-9-11-13-15-16-18-21-25-29-35(49-39(46)32-28-24-19-17-14-12-10-8-6-4-2)30-26-22-20-23-27-31-37(44)41-33-38(45)42-36(34-43)40(47)48/h8,10-11,13,16,18,25,29,35-36,43H,3-7,9,12,14-15,17,19-24,26-28,30-34H2,1-2H3,(H,41,44)(H,42,45)(H,47,48)/b10-8-,13-11-,18-16-,29-25-. The van der Waals surface area contributed by atoms with E-state index >= 15 is 0 Å². The zero-order chi connectivity index (χ0) is 36.2. The van der Waals surface area contributed by atoms with Crippen molar-refractivity contribution in [3.63, 3.8) is 0 Å². The number of aliphatic hydroxyl groups excluding tert-OH is 1. The summed E-state index contributed by atoms with van der Waals surface area (Å²) in [4.78, 5) is 47.3. The van der Waals surface area contributed by atoms with Crippen molar-refractivity contribution in [1.82, 2.24) is 10.6 Å². The van der Waals surface area contributed by atoms with Crippen molar-refractivity contribution < 1.29 is 34.1 Å². The van der Waals surface area contributed by atoms with Gasteiger partial charge in [-0.1, -0.05) is 114 Å². The van der Waals surface area contributed by atoms with Crippen LogP contribution in [0, 0.1) is 0 Å². The molecule has 4 N–H and O–H groups in total. The molecule has 0 aromatic heterocycles. The van der Waals surface area contributed by atoms with Gasteiger partial charge in [0.15, 0.2) is 0 Å². The van der Waals surface area contributed by atoms with Crippen LogP contribution in [0.3, 0.4) is 0 Å². The fourth-order valence-electron chi connectivity index (χ4n) is 5.05. The summed E-state index contributed by atoms with van der Waals surface area (Å²) < 4.78 is 5.87. The van der Waals surface area contributed by atoms with Gasteiger partial charge < -0.3 is 25.6 Å². The van der Waals surface area contributed by atoms with E-state index in [0.29, 0.717) is 12.8 Å². The number of hydrogen-bond acceptors (Lipinski definition) is 6. The quantitative estimate of drug-likeness (QED) is 0.0308. The van der Waals surface area contributed by atoms with Crippen molar-refractivity contribution in [2.45, 2.75) is 167 Å². The molecule has 9 nitrogen and oxygen atoms in total. The number of esters is 1. The largest absolute Gasteiger partial charge is 0.480 e. The van der Waals surface area contributed by atoms with Gasteiger partial charge in [0.25, 0.3) is 0 Å². The van der Waals surface area contributed by atoms with E-state index in [1.54, 1.807) is 0 Å². The van der Waals surface area contributed by atoms with Crippen LogP contribution in [-0.2, 0) is 23.9 Å². The Morgan fingerprint density at radius 1 is 0.633 bits per heavy atom. The first-order chi connectivity index (χ1) is 23.8. The second kappa shape index (κ2) is 34.7. The molecule has 2 atom stereocenters. The summed E-state index contributed by atoms with van der Waals surface area (Å²) in [5.74, 6) is -2.41. The number of aliphatic carboxylic acids is 1. The van der Waals surface area contributed by atoms with Gasteiger partial charge in [-0.3, -0.25) is 14.4 Å². The summed E-state index contributed by atoms with van der Waals surface area (Å²) in [5.41, 5.74) is 0. The van der Waals surface area contributed by atoms with E-state index < -0.39 is 24.5 Å². The number of unbranched alkanes of at least 4 members (excludes halogenated alkanes) is 13. The van der Waals surface area contributed by atoms with Gasteiger partial charge in [-0.05, 0) is 76.7 Å². The molecular weight excluding hydrogens is 620 g/mol. The average Bonchev–Trinajstić information content (AvgIpc) is 3.08. The van der Waals surface area contributed by atoms with E-state index in [2.05, 4.69) is 67.0 Å². The Hall–Kier alpha value is -3.20. The molecule has 280 valence electrons. The van der Waals surface area contributed by atoms with Crippen molar-refractivity contribution in [2.75, 3.05) is 13.2 Å². The van der Waals surface area contributed by atoms with Crippen LogP contribution in [0.1, 0.15) is 155 Å². The van der Waals surface area contributed by atoms with Crippen LogP contribution in [0.5, 0.6) is 0 Å². The van der Waals surface area contributed by atoms with Gasteiger partial charge >= 0.3 is 11.9 Å². The number of hydrogen-bond donors (Lipinski definition) is 4. The molecule has 0 aliphatic heterocycles. The number of ether oxygens (including phenoxy) is 1. The molecule has 0 fully saturated rings. The molecule has 49 heavy (non-hydrogen) atoms. The summed E-state index contributed by atoms with van der Waals surface area (Å²) in [7, 11) is 0. The number of aliphatic hydroxyl groups is 1. The number of allylic oxidation sites excluding steroid dienone is 7. The molecule has 0 rings (SSSR count). The molecule has 0 saturated carbocycles. The molecule has 2 amide bonds. The van der Waals surface area contributed by atoms with E-state index in [1.165, 1.54) is 38.5 Å². The lowest BCUT2D eigenvalue weighted by Crippen LogP contribution is -2.47. The summed E-state index contributed by atoms with van der Waals surface area (Å²) in [6.07, 6.45) is 38.7. The van der Waals surface area contributed by atoms with Gasteiger partial charge in [-0.15, -0.1) is 0 Å². The molecule has 0 aromatic carbocycles. The molecule has 0 aliphatic carbocycles. The second-order valence-corrected chi connectivity index (χ2v) is 12.7. The van der Waals surface area contributed by atoms with Crippen molar-refractivity contribution in [2.24, 2.45) is 0 Å². The fourth-order valence-corrected chi connectivity index (χ4v) is 5.05. The van der Waals surface area contributed by atoms with E-state index in [4.69, 9.17) is 14.9 Å². The Balaban J connectivity index is 4.46. The molecule has 0 saturated heterocycles. The van der Waals surface area contributed by atoms with E-state index in [1.807, 2.05) is 6.08 Å². The summed E-state index contributed by atoms with van der Waals surface area (Å²) in [5, 5.41) is 22.5. The Labute approximate surface area is 297 Å². The average molecular weight is 689 g/mol. The Morgan fingerprint density at radius 2 is 1.20 bits per heavy atom.